The summed E-state index contributed by atoms with van der Waals surface area (Å²) < 4.78 is 6.92. The maximum atomic E-state index is 12.4. The summed E-state index contributed by atoms with van der Waals surface area (Å²) in [5.41, 5.74) is 3.16. The normalized spacial score (nSPS) is 10.5. The third-order valence-corrected chi connectivity index (χ3v) is 3.41. The molecule has 116 valence electrons. The number of carbonyl (C=O) groups is 1. The molecule has 0 aliphatic heterocycles. The van der Waals surface area contributed by atoms with E-state index in [-0.39, 0.29) is 5.91 Å². The largest absolute Gasteiger partial charge is 0.380 e. The molecule has 0 aliphatic carbocycles. The van der Waals surface area contributed by atoms with Crippen molar-refractivity contribution in [2.45, 2.75) is 6.61 Å². The number of nitrogens with zero attached hydrogens (tertiary/aromatic N) is 3. The number of aromatic nitrogens is 3. The van der Waals surface area contributed by atoms with Gasteiger partial charge in [-0.05, 0) is 30.3 Å². The Hall–Kier alpha value is -2.99. The lowest BCUT2D eigenvalue weighted by molar-refractivity contribution is 0.102. The molecule has 0 saturated heterocycles. The summed E-state index contributed by atoms with van der Waals surface area (Å²) in [4.78, 5) is 12.4. The topological polar surface area (TPSA) is 69.0 Å². The third kappa shape index (κ3) is 3.44. The van der Waals surface area contributed by atoms with Gasteiger partial charge in [0.2, 0.25) is 0 Å². The Balaban J connectivity index is 1.76. The number of amides is 1. The van der Waals surface area contributed by atoms with Gasteiger partial charge in [-0.2, -0.15) is 0 Å². The van der Waals surface area contributed by atoms with Crippen molar-refractivity contribution in [3.63, 3.8) is 0 Å². The van der Waals surface area contributed by atoms with E-state index in [4.69, 9.17) is 4.74 Å². The zero-order valence-corrected chi connectivity index (χ0v) is 12.6. The van der Waals surface area contributed by atoms with Gasteiger partial charge in [-0.25, -0.2) is 0 Å². The van der Waals surface area contributed by atoms with Gasteiger partial charge in [0, 0.05) is 29.6 Å². The quantitative estimate of drug-likeness (QED) is 0.787. The molecular weight excluding hydrogens is 292 g/mol. The molecule has 1 heterocycles. The molecule has 0 atom stereocenters. The number of rotatable bonds is 5. The van der Waals surface area contributed by atoms with Crippen LogP contribution in [0.5, 0.6) is 0 Å². The summed E-state index contributed by atoms with van der Waals surface area (Å²) in [7, 11) is 1.63. The van der Waals surface area contributed by atoms with E-state index < -0.39 is 0 Å². The molecule has 0 saturated carbocycles. The lowest BCUT2D eigenvalue weighted by atomic mass is 10.1. The molecule has 1 amide bonds. The van der Waals surface area contributed by atoms with Gasteiger partial charge < -0.3 is 10.1 Å². The Morgan fingerprint density at radius 2 is 1.78 bits per heavy atom. The molecule has 3 rings (SSSR count). The van der Waals surface area contributed by atoms with Crippen molar-refractivity contribution in [2.24, 2.45) is 0 Å². The standard InChI is InChI=1S/C17H16N4O2/c1-23-10-14-4-2-3-5-16(14)20-17(22)13-6-8-15(9-7-13)21-11-18-19-12-21/h2-9,11-12H,10H2,1H3,(H,20,22). The molecule has 0 spiro atoms. The molecule has 6 nitrogen and oxygen atoms in total. The van der Waals surface area contributed by atoms with Gasteiger partial charge in [0.1, 0.15) is 12.7 Å². The van der Waals surface area contributed by atoms with Gasteiger partial charge in [-0.1, -0.05) is 18.2 Å². The highest BCUT2D eigenvalue weighted by Gasteiger charge is 2.09. The van der Waals surface area contributed by atoms with Gasteiger partial charge in [0.15, 0.2) is 0 Å². The van der Waals surface area contributed by atoms with Crippen molar-refractivity contribution < 1.29 is 9.53 Å². The number of benzene rings is 2. The minimum Gasteiger partial charge on any atom is -0.380 e. The van der Waals surface area contributed by atoms with E-state index in [1.807, 2.05) is 36.4 Å². The van der Waals surface area contributed by atoms with E-state index in [0.29, 0.717) is 12.2 Å². The number of carbonyl (C=O) groups excluding carboxylic acids is 1. The molecule has 0 bridgehead atoms. The van der Waals surface area contributed by atoms with Crippen LogP contribution in [-0.4, -0.2) is 27.8 Å². The summed E-state index contributed by atoms with van der Waals surface area (Å²) in [6, 6.07) is 14.8. The van der Waals surface area contributed by atoms with Crippen molar-refractivity contribution in [1.29, 1.82) is 0 Å². The lowest BCUT2D eigenvalue weighted by Gasteiger charge is -2.11. The third-order valence-electron chi connectivity index (χ3n) is 3.41. The lowest BCUT2D eigenvalue weighted by Crippen LogP contribution is -2.13. The zero-order valence-electron chi connectivity index (χ0n) is 12.6. The van der Waals surface area contributed by atoms with Crippen LogP contribution in [0.2, 0.25) is 0 Å². The average molecular weight is 308 g/mol. The van der Waals surface area contributed by atoms with Crippen molar-refractivity contribution >= 4 is 11.6 Å². The van der Waals surface area contributed by atoms with Crippen molar-refractivity contribution in [2.75, 3.05) is 12.4 Å². The maximum Gasteiger partial charge on any atom is 0.255 e. The molecule has 23 heavy (non-hydrogen) atoms. The van der Waals surface area contributed by atoms with Crippen LogP contribution in [0, 0.1) is 0 Å². The minimum atomic E-state index is -0.163. The average Bonchev–Trinajstić information content (AvgIpc) is 3.11. The van der Waals surface area contributed by atoms with E-state index in [9.17, 15) is 4.79 Å². The van der Waals surface area contributed by atoms with E-state index >= 15 is 0 Å². The molecule has 2 aromatic carbocycles. The van der Waals surface area contributed by atoms with E-state index in [2.05, 4.69) is 15.5 Å². The SMILES string of the molecule is COCc1ccccc1NC(=O)c1ccc(-n2cnnc2)cc1. The number of hydrogen-bond donors (Lipinski definition) is 1. The van der Waals surface area contributed by atoms with Crippen LogP contribution in [0.15, 0.2) is 61.2 Å². The molecule has 1 aromatic heterocycles. The van der Waals surface area contributed by atoms with Gasteiger partial charge in [0.25, 0.3) is 5.91 Å². The second kappa shape index (κ2) is 6.85. The van der Waals surface area contributed by atoms with Crippen LogP contribution in [-0.2, 0) is 11.3 Å². The Morgan fingerprint density at radius 3 is 2.48 bits per heavy atom. The number of nitrogens with one attached hydrogen (secondary N) is 1. The molecule has 0 aliphatic rings. The second-order valence-electron chi connectivity index (χ2n) is 4.96. The summed E-state index contributed by atoms with van der Waals surface area (Å²) >= 11 is 0. The number of hydrogen-bond acceptors (Lipinski definition) is 4. The summed E-state index contributed by atoms with van der Waals surface area (Å²) in [5, 5.41) is 10.4. The monoisotopic (exact) mass is 308 g/mol. The fourth-order valence-corrected chi connectivity index (χ4v) is 2.24. The first-order valence-electron chi connectivity index (χ1n) is 7.11. The maximum absolute atomic E-state index is 12.4. The molecule has 0 unspecified atom stereocenters. The highest BCUT2D eigenvalue weighted by Crippen LogP contribution is 2.17. The van der Waals surface area contributed by atoms with Crippen molar-refractivity contribution in [3.05, 3.63) is 72.3 Å². The molecule has 0 radical (unpaired) electrons. The summed E-state index contributed by atoms with van der Waals surface area (Å²) in [6.45, 7) is 0.447. The molecular formula is C17H16N4O2. The van der Waals surface area contributed by atoms with Crippen LogP contribution < -0.4 is 5.32 Å². The fraction of sp³-hybridized carbons (Fsp3) is 0.118. The summed E-state index contributed by atoms with van der Waals surface area (Å²) in [5.74, 6) is -0.163. The van der Waals surface area contributed by atoms with Crippen molar-refractivity contribution in [3.8, 4) is 5.69 Å². The Morgan fingerprint density at radius 1 is 1.09 bits per heavy atom. The molecule has 1 N–H and O–H groups in total. The second-order valence-corrected chi connectivity index (χ2v) is 4.96. The van der Waals surface area contributed by atoms with Gasteiger partial charge in [-0.3, -0.25) is 9.36 Å². The predicted octanol–water partition coefficient (Wildman–Crippen LogP) is 2.67. The van der Waals surface area contributed by atoms with Crippen LogP contribution in [0.4, 0.5) is 5.69 Å². The van der Waals surface area contributed by atoms with Gasteiger partial charge >= 0.3 is 0 Å². The van der Waals surface area contributed by atoms with Gasteiger partial charge in [0.05, 0.1) is 6.61 Å². The van der Waals surface area contributed by atoms with E-state index in [0.717, 1.165) is 16.9 Å². The first-order chi connectivity index (χ1) is 11.3. The smallest absolute Gasteiger partial charge is 0.255 e. The Labute approximate surface area is 133 Å². The predicted molar refractivity (Wildman–Crippen MR) is 86.5 cm³/mol. The first kappa shape index (κ1) is 14.9. The van der Waals surface area contributed by atoms with Crippen LogP contribution in [0.3, 0.4) is 0 Å². The zero-order chi connectivity index (χ0) is 16.1. The fourth-order valence-electron chi connectivity index (χ4n) is 2.24. The van der Waals surface area contributed by atoms with Gasteiger partial charge in [-0.15, -0.1) is 10.2 Å². The minimum absolute atomic E-state index is 0.163. The Bertz CT molecular complexity index is 783. The van der Waals surface area contributed by atoms with Crippen LogP contribution in [0.1, 0.15) is 15.9 Å². The van der Waals surface area contributed by atoms with Crippen molar-refractivity contribution in [1.82, 2.24) is 14.8 Å². The molecule has 0 fully saturated rings. The number of methoxy groups -OCH3 is 1. The van der Waals surface area contributed by atoms with Crippen LogP contribution >= 0.6 is 0 Å². The Kier molecular flexibility index (Phi) is 4.44. The first-order valence-corrected chi connectivity index (χ1v) is 7.11. The highest BCUT2D eigenvalue weighted by atomic mass is 16.5. The van der Waals surface area contributed by atoms with Crippen LogP contribution in [0.25, 0.3) is 5.69 Å². The molecule has 6 heteroatoms. The number of para-hydroxylation sites is 1. The number of anilines is 1. The number of ether oxygens (including phenoxy) is 1. The van der Waals surface area contributed by atoms with E-state index in [1.54, 1.807) is 36.5 Å². The molecule has 3 aromatic rings. The van der Waals surface area contributed by atoms with E-state index in [1.165, 1.54) is 0 Å². The summed E-state index contributed by atoms with van der Waals surface area (Å²) in [6.07, 6.45) is 3.21. The highest BCUT2D eigenvalue weighted by molar-refractivity contribution is 6.04.